The largest absolute Gasteiger partial charge is 0.466 e. The monoisotopic (exact) mass is 194 g/mol. The average molecular weight is 194 g/mol. The van der Waals surface area contributed by atoms with Crippen LogP contribution in [0.1, 0.15) is 24.6 Å². The van der Waals surface area contributed by atoms with Crippen LogP contribution in [0.15, 0.2) is 6.20 Å². The van der Waals surface area contributed by atoms with Crippen molar-refractivity contribution in [2.45, 2.75) is 26.2 Å². The molecule has 1 unspecified atom stereocenters. The zero-order chi connectivity index (χ0) is 9.97. The van der Waals surface area contributed by atoms with E-state index < -0.39 is 0 Å². The van der Waals surface area contributed by atoms with Crippen molar-refractivity contribution in [1.29, 1.82) is 0 Å². The first-order chi connectivity index (χ1) is 6.81. The fraction of sp³-hybridized carbons (Fsp3) is 0.600. The van der Waals surface area contributed by atoms with E-state index in [0.717, 1.165) is 24.8 Å². The lowest BCUT2D eigenvalue weighted by atomic mass is 9.88. The molecular weight excluding hydrogens is 180 g/mol. The van der Waals surface area contributed by atoms with Crippen LogP contribution in [0.4, 0.5) is 0 Å². The summed E-state index contributed by atoms with van der Waals surface area (Å²) < 4.78 is 5.00. The van der Waals surface area contributed by atoms with Gasteiger partial charge < -0.3 is 4.74 Å². The standard InChI is InChI=1S/C10H14N2O2/c1-2-14-10(13)7-3-4-9-8(5-7)6-11-12-9/h6-7H,2-5H2,1H3,(H,11,12). The molecule has 4 heteroatoms. The smallest absolute Gasteiger partial charge is 0.309 e. The number of aromatic nitrogens is 2. The maximum atomic E-state index is 11.5. The van der Waals surface area contributed by atoms with Crippen molar-refractivity contribution in [3.63, 3.8) is 0 Å². The first kappa shape index (κ1) is 9.24. The molecule has 0 bridgehead atoms. The Labute approximate surface area is 82.7 Å². The van der Waals surface area contributed by atoms with E-state index in [1.165, 1.54) is 5.69 Å². The zero-order valence-corrected chi connectivity index (χ0v) is 8.25. The van der Waals surface area contributed by atoms with Crippen LogP contribution in [-0.2, 0) is 22.4 Å². The van der Waals surface area contributed by atoms with E-state index in [0.29, 0.717) is 6.61 Å². The molecular formula is C10H14N2O2. The summed E-state index contributed by atoms with van der Waals surface area (Å²) in [5, 5.41) is 6.91. The third-order valence-corrected chi connectivity index (χ3v) is 2.64. The van der Waals surface area contributed by atoms with Gasteiger partial charge in [-0.2, -0.15) is 5.10 Å². The SMILES string of the molecule is CCOC(=O)C1CCc2[nH]ncc2C1. The molecule has 1 atom stereocenters. The van der Waals surface area contributed by atoms with Crippen LogP contribution in [0.25, 0.3) is 0 Å². The average Bonchev–Trinajstić information content (AvgIpc) is 2.64. The number of aryl methyl sites for hydroxylation is 1. The number of aromatic amines is 1. The number of fused-ring (bicyclic) bond motifs is 1. The molecule has 1 heterocycles. The first-order valence-electron chi connectivity index (χ1n) is 4.99. The maximum absolute atomic E-state index is 11.5. The van der Waals surface area contributed by atoms with E-state index >= 15 is 0 Å². The van der Waals surface area contributed by atoms with Gasteiger partial charge in [0.1, 0.15) is 0 Å². The molecule has 1 aliphatic rings. The highest BCUT2D eigenvalue weighted by Crippen LogP contribution is 2.24. The van der Waals surface area contributed by atoms with Gasteiger partial charge in [0.05, 0.1) is 18.7 Å². The first-order valence-corrected chi connectivity index (χ1v) is 4.99. The van der Waals surface area contributed by atoms with Gasteiger partial charge in [-0.3, -0.25) is 9.89 Å². The summed E-state index contributed by atoms with van der Waals surface area (Å²) in [7, 11) is 0. The molecule has 0 fully saturated rings. The van der Waals surface area contributed by atoms with Crippen LogP contribution >= 0.6 is 0 Å². The van der Waals surface area contributed by atoms with Crippen molar-refractivity contribution in [1.82, 2.24) is 10.2 Å². The minimum Gasteiger partial charge on any atom is -0.466 e. The lowest BCUT2D eigenvalue weighted by molar-refractivity contribution is -0.148. The van der Waals surface area contributed by atoms with Gasteiger partial charge in [0.2, 0.25) is 0 Å². The van der Waals surface area contributed by atoms with Crippen molar-refractivity contribution >= 4 is 5.97 Å². The number of nitrogens with zero attached hydrogens (tertiary/aromatic N) is 1. The van der Waals surface area contributed by atoms with Gasteiger partial charge in [0.15, 0.2) is 0 Å². The lowest BCUT2D eigenvalue weighted by Gasteiger charge is -2.19. The van der Waals surface area contributed by atoms with Crippen LogP contribution in [0.5, 0.6) is 0 Å². The van der Waals surface area contributed by atoms with Crippen LogP contribution in [0.2, 0.25) is 0 Å². The Morgan fingerprint density at radius 2 is 2.64 bits per heavy atom. The zero-order valence-electron chi connectivity index (χ0n) is 8.25. The number of esters is 1. The molecule has 0 aliphatic heterocycles. The summed E-state index contributed by atoms with van der Waals surface area (Å²) in [6.45, 7) is 2.30. The van der Waals surface area contributed by atoms with Crippen LogP contribution in [-0.4, -0.2) is 22.8 Å². The number of carbonyl (C=O) groups is 1. The number of carbonyl (C=O) groups excluding carboxylic acids is 1. The molecule has 1 aromatic rings. The Hall–Kier alpha value is -1.32. The summed E-state index contributed by atoms with van der Waals surface area (Å²) in [6, 6.07) is 0. The molecule has 0 amide bonds. The number of nitrogens with one attached hydrogen (secondary N) is 1. The Morgan fingerprint density at radius 3 is 3.43 bits per heavy atom. The molecule has 76 valence electrons. The summed E-state index contributed by atoms with van der Waals surface area (Å²) in [4.78, 5) is 11.5. The molecule has 1 N–H and O–H groups in total. The van der Waals surface area contributed by atoms with Gasteiger partial charge in [-0.05, 0) is 31.7 Å². The molecule has 0 radical (unpaired) electrons. The third-order valence-electron chi connectivity index (χ3n) is 2.64. The predicted octanol–water partition coefficient (Wildman–Crippen LogP) is 1.08. The fourth-order valence-corrected chi connectivity index (χ4v) is 1.88. The van der Waals surface area contributed by atoms with Crippen molar-refractivity contribution in [3.05, 3.63) is 17.5 Å². The Kier molecular flexibility index (Phi) is 2.52. The molecule has 2 rings (SSSR count). The van der Waals surface area contributed by atoms with Crippen LogP contribution < -0.4 is 0 Å². The van der Waals surface area contributed by atoms with Crippen LogP contribution in [0.3, 0.4) is 0 Å². The number of rotatable bonds is 2. The van der Waals surface area contributed by atoms with Gasteiger partial charge in [-0.1, -0.05) is 0 Å². The second-order valence-corrected chi connectivity index (χ2v) is 3.57. The van der Waals surface area contributed by atoms with E-state index in [9.17, 15) is 4.79 Å². The van der Waals surface area contributed by atoms with E-state index in [2.05, 4.69) is 10.2 Å². The fourth-order valence-electron chi connectivity index (χ4n) is 1.88. The Bertz CT molecular complexity index is 333. The lowest BCUT2D eigenvalue weighted by Crippen LogP contribution is -2.24. The number of hydrogen-bond donors (Lipinski definition) is 1. The van der Waals surface area contributed by atoms with E-state index in [4.69, 9.17) is 4.74 Å². The Morgan fingerprint density at radius 1 is 1.79 bits per heavy atom. The summed E-state index contributed by atoms with van der Waals surface area (Å²) in [6.07, 6.45) is 4.35. The van der Waals surface area contributed by atoms with E-state index in [1.807, 2.05) is 6.92 Å². The normalized spacial score (nSPS) is 20.2. The number of hydrogen-bond acceptors (Lipinski definition) is 3. The molecule has 0 saturated carbocycles. The third kappa shape index (κ3) is 1.64. The van der Waals surface area contributed by atoms with Crippen LogP contribution in [0, 0.1) is 5.92 Å². The molecule has 0 aromatic carbocycles. The highest BCUT2D eigenvalue weighted by Gasteiger charge is 2.26. The maximum Gasteiger partial charge on any atom is 0.309 e. The second kappa shape index (κ2) is 3.82. The van der Waals surface area contributed by atoms with Crippen molar-refractivity contribution < 1.29 is 9.53 Å². The van der Waals surface area contributed by atoms with Crippen molar-refractivity contribution in [3.8, 4) is 0 Å². The second-order valence-electron chi connectivity index (χ2n) is 3.57. The number of H-pyrrole nitrogens is 1. The summed E-state index contributed by atoms with van der Waals surface area (Å²) >= 11 is 0. The minimum absolute atomic E-state index is 0.0278. The molecule has 0 saturated heterocycles. The Balaban J connectivity index is 2.04. The van der Waals surface area contributed by atoms with Gasteiger partial charge in [-0.25, -0.2) is 0 Å². The molecule has 14 heavy (non-hydrogen) atoms. The quantitative estimate of drug-likeness (QED) is 0.717. The highest BCUT2D eigenvalue weighted by molar-refractivity contribution is 5.73. The predicted molar refractivity (Wildman–Crippen MR) is 50.7 cm³/mol. The van der Waals surface area contributed by atoms with Crippen molar-refractivity contribution in [2.24, 2.45) is 5.92 Å². The molecule has 1 aromatic heterocycles. The summed E-state index contributed by atoms with van der Waals surface area (Å²) in [5.41, 5.74) is 2.33. The topological polar surface area (TPSA) is 55.0 Å². The number of ether oxygens (including phenoxy) is 1. The summed E-state index contributed by atoms with van der Waals surface area (Å²) in [5.74, 6) is -0.0422. The van der Waals surface area contributed by atoms with Crippen molar-refractivity contribution in [2.75, 3.05) is 6.61 Å². The van der Waals surface area contributed by atoms with Gasteiger partial charge in [0.25, 0.3) is 0 Å². The van der Waals surface area contributed by atoms with E-state index in [-0.39, 0.29) is 11.9 Å². The highest BCUT2D eigenvalue weighted by atomic mass is 16.5. The molecule has 0 spiro atoms. The minimum atomic E-state index is -0.0700. The van der Waals surface area contributed by atoms with Gasteiger partial charge in [0, 0.05) is 5.69 Å². The molecule has 1 aliphatic carbocycles. The van der Waals surface area contributed by atoms with Gasteiger partial charge in [-0.15, -0.1) is 0 Å². The molecule has 4 nitrogen and oxygen atoms in total. The van der Waals surface area contributed by atoms with E-state index in [1.54, 1.807) is 6.20 Å². The van der Waals surface area contributed by atoms with Gasteiger partial charge >= 0.3 is 5.97 Å².